The molecule has 0 aliphatic heterocycles. The second-order valence-electron chi connectivity index (χ2n) is 5.30. The summed E-state index contributed by atoms with van der Waals surface area (Å²) in [4.78, 5) is 0. The smallest absolute Gasteiger partial charge is 0.00933 e. The van der Waals surface area contributed by atoms with Crippen molar-refractivity contribution in [3.05, 3.63) is 0 Å². The van der Waals surface area contributed by atoms with Gasteiger partial charge in [0.05, 0.1) is 0 Å². The van der Waals surface area contributed by atoms with Crippen LogP contribution in [-0.4, -0.2) is 10.7 Å². The fourth-order valence-corrected chi connectivity index (χ4v) is 3.34. The minimum absolute atomic E-state index is 0.461. The van der Waals surface area contributed by atoms with Crippen LogP contribution < -0.4 is 0 Å². The normalized spacial score (nSPS) is 12.0. The number of unbranched alkanes of at least 4 members (excludes halogenated alkanes) is 7. The van der Waals surface area contributed by atoms with Gasteiger partial charge in [-0.2, -0.15) is 0 Å². The van der Waals surface area contributed by atoms with Crippen molar-refractivity contribution >= 4 is 31.9 Å². The lowest BCUT2D eigenvalue weighted by atomic mass is 9.89. The molecule has 0 aromatic heterocycles. The van der Waals surface area contributed by atoms with Gasteiger partial charge in [0.25, 0.3) is 0 Å². The molecule has 0 bridgehead atoms. The van der Waals surface area contributed by atoms with E-state index in [9.17, 15) is 0 Å². The van der Waals surface area contributed by atoms with Gasteiger partial charge in [0.15, 0.2) is 0 Å². The van der Waals surface area contributed by atoms with Crippen molar-refractivity contribution in [1.29, 1.82) is 0 Å². The summed E-state index contributed by atoms with van der Waals surface area (Å²) in [5.74, 6) is 0. The summed E-state index contributed by atoms with van der Waals surface area (Å²) in [6, 6.07) is 0. The molecule has 0 saturated heterocycles. The van der Waals surface area contributed by atoms with Crippen LogP contribution in [0.1, 0.15) is 71.6 Å². The Kier molecular flexibility index (Phi) is 11.7. The Bertz CT molecular complexity index is 142. The second kappa shape index (κ2) is 11.1. The lowest BCUT2D eigenvalue weighted by Gasteiger charge is -2.24. The van der Waals surface area contributed by atoms with E-state index in [2.05, 4.69) is 45.7 Å². The van der Waals surface area contributed by atoms with Crippen molar-refractivity contribution in [3.8, 4) is 0 Å². The van der Waals surface area contributed by atoms with Crippen molar-refractivity contribution in [2.45, 2.75) is 71.6 Å². The molecule has 0 nitrogen and oxygen atoms in total. The standard InChI is InChI=1S/C14H28Br2/c1-3-4-5-6-7-8-9-10-11-14(2,12-15)13-16/h3-13H2,1-2H3. The first-order chi connectivity index (χ1) is 7.68. The minimum Gasteiger partial charge on any atom is -0.0922 e. The fourth-order valence-electron chi connectivity index (χ4n) is 1.86. The summed E-state index contributed by atoms with van der Waals surface area (Å²) in [6.07, 6.45) is 12.7. The molecule has 0 saturated carbocycles. The van der Waals surface area contributed by atoms with Gasteiger partial charge >= 0.3 is 0 Å². The largest absolute Gasteiger partial charge is 0.0922 e. The number of alkyl halides is 2. The Hall–Kier alpha value is 0.960. The highest BCUT2D eigenvalue weighted by Gasteiger charge is 2.20. The van der Waals surface area contributed by atoms with Gasteiger partial charge in [0.2, 0.25) is 0 Å². The number of rotatable bonds is 11. The summed E-state index contributed by atoms with van der Waals surface area (Å²) in [5, 5.41) is 2.23. The van der Waals surface area contributed by atoms with Crippen molar-refractivity contribution in [3.63, 3.8) is 0 Å². The Morgan fingerprint density at radius 2 is 1.19 bits per heavy atom. The van der Waals surface area contributed by atoms with E-state index in [1.807, 2.05) is 0 Å². The molecule has 0 aliphatic carbocycles. The second-order valence-corrected chi connectivity index (χ2v) is 6.42. The van der Waals surface area contributed by atoms with Crippen LogP contribution in [0.2, 0.25) is 0 Å². The summed E-state index contributed by atoms with van der Waals surface area (Å²) < 4.78 is 0. The van der Waals surface area contributed by atoms with E-state index in [1.54, 1.807) is 0 Å². The average Bonchev–Trinajstić information content (AvgIpc) is 2.32. The zero-order valence-corrected chi connectivity index (χ0v) is 14.2. The monoisotopic (exact) mass is 354 g/mol. The van der Waals surface area contributed by atoms with E-state index >= 15 is 0 Å². The Labute approximate surface area is 119 Å². The fraction of sp³-hybridized carbons (Fsp3) is 1.00. The van der Waals surface area contributed by atoms with Gasteiger partial charge in [0.1, 0.15) is 0 Å². The third-order valence-electron chi connectivity index (χ3n) is 3.28. The van der Waals surface area contributed by atoms with Crippen LogP contribution in [0.5, 0.6) is 0 Å². The molecular formula is C14H28Br2. The molecule has 0 amide bonds. The molecule has 0 radical (unpaired) electrons. The van der Waals surface area contributed by atoms with Gasteiger partial charge in [0, 0.05) is 10.7 Å². The van der Waals surface area contributed by atoms with Gasteiger partial charge in [-0.15, -0.1) is 0 Å². The molecule has 0 N–H and O–H groups in total. The van der Waals surface area contributed by atoms with Gasteiger partial charge in [-0.25, -0.2) is 0 Å². The molecule has 98 valence electrons. The number of halogens is 2. The zero-order chi connectivity index (χ0) is 12.3. The molecule has 0 spiro atoms. The first-order valence-electron chi connectivity index (χ1n) is 6.80. The maximum atomic E-state index is 3.61. The van der Waals surface area contributed by atoms with Crippen LogP contribution in [0.4, 0.5) is 0 Å². The predicted octanol–water partition coefficient (Wildman–Crippen LogP) is 6.31. The van der Waals surface area contributed by atoms with Crippen LogP contribution in [0.15, 0.2) is 0 Å². The first-order valence-corrected chi connectivity index (χ1v) is 9.05. The van der Waals surface area contributed by atoms with E-state index in [1.165, 1.54) is 57.8 Å². The third-order valence-corrected chi connectivity index (χ3v) is 5.99. The minimum atomic E-state index is 0.461. The van der Waals surface area contributed by atoms with E-state index in [0.717, 1.165) is 10.7 Å². The highest BCUT2D eigenvalue weighted by atomic mass is 79.9. The van der Waals surface area contributed by atoms with Gasteiger partial charge in [-0.05, 0) is 11.8 Å². The molecule has 0 heterocycles. The SMILES string of the molecule is CCCCCCCCCCC(C)(CBr)CBr. The number of hydrogen-bond donors (Lipinski definition) is 0. The molecule has 2 heteroatoms. The predicted molar refractivity (Wildman–Crippen MR) is 82.9 cm³/mol. The van der Waals surface area contributed by atoms with Crippen LogP contribution in [0.25, 0.3) is 0 Å². The molecule has 16 heavy (non-hydrogen) atoms. The highest BCUT2D eigenvalue weighted by Crippen LogP contribution is 2.29. The van der Waals surface area contributed by atoms with Crippen LogP contribution in [-0.2, 0) is 0 Å². The van der Waals surface area contributed by atoms with Crippen molar-refractivity contribution in [2.24, 2.45) is 5.41 Å². The molecule has 0 rings (SSSR count). The molecule has 0 fully saturated rings. The highest BCUT2D eigenvalue weighted by molar-refractivity contribution is 9.09. The number of hydrogen-bond acceptors (Lipinski definition) is 0. The van der Waals surface area contributed by atoms with Crippen LogP contribution in [0, 0.1) is 5.41 Å². The Morgan fingerprint density at radius 1 is 0.750 bits per heavy atom. The lowest BCUT2D eigenvalue weighted by molar-refractivity contribution is 0.378. The maximum absolute atomic E-state index is 3.61. The first kappa shape index (κ1) is 17.0. The van der Waals surface area contributed by atoms with Gasteiger partial charge < -0.3 is 0 Å². The Morgan fingerprint density at radius 3 is 1.62 bits per heavy atom. The topological polar surface area (TPSA) is 0 Å². The maximum Gasteiger partial charge on any atom is 0.00933 e. The van der Waals surface area contributed by atoms with E-state index in [4.69, 9.17) is 0 Å². The average molecular weight is 356 g/mol. The molecule has 0 aliphatic rings. The van der Waals surface area contributed by atoms with Crippen LogP contribution in [0.3, 0.4) is 0 Å². The third kappa shape index (κ3) is 9.04. The molecule has 0 unspecified atom stereocenters. The van der Waals surface area contributed by atoms with E-state index in [0.29, 0.717) is 5.41 Å². The van der Waals surface area contributed by atoms with E-state index in [-0.39, 0.29) is 0 Å². The van der Waals surface area contributed by atoms with Gasteiger partial charge in [-0.1, -0.05) is 97.1 Å². The van der Waals surface area contributed by atoms with Crippen molar-refractivity contribution in [2.75, 3.05) is 10.7 Å². The molecule has 0 aromatic carbocycles. The summed E-state index contributed by atoms with van der Waals surface area (Å²) >= 11 is 7.23. The summed E-state index contributed by atoms with van der Waals surface area (Å²) in [6.45, 7) is 4.64. The quantitative estimate of drug-likeness (QED) is 0.300. The van der Waals surface area contributed by atoms with E-state index < -0.39 is 0 Å². The zero-order valence-electron chi connectivity index (χ0n) is 11.0. The molecule has 0 atom stereocenters. The van der Waals surface area contributed by atoms with Crippen molar-refractivity contribution < 1.29 is 0 Å². The summed E-state index contributed by atoms with van der Waals surface area (Å²) in [5.41, 5.74) is 0.461. The molecule has 0 aromatic rings. The van der Waals surface area contributed by atoms with Crippen LogP contribution >= 0.6 is 31.9 Å². The van der Waals surface area contributed by atoms with Crippen molar-refractivity contribution in [1.82, 2.24) is 0 Å². The Balaban J connectivity index is 3.26. The van der Waals surface area contributed by atoms with Gasteiger partial charge in [-0.3, -0.25) is 0 Å². The molecular weight excluding hydrogens is 328 g/mol. The summed E-state index contributed by atoms with van der Waals surface area (Å²) in [7, 11) is 0. The lowest BCUT2D eigenvalue weighted by Crippen LogP contribution is -2.19.